The van der Waals surface area contributed by atoms with Gasteiger partial charge in [0.2, 0.25) is 5.91 Å². The van der Waals surface area contributed by atoms with Gasteiger partial charge in [0.1, 0.15) is 0 Å². The van der Waals surface area contributed by atoms with Crippen LogP contribution in [0.15, 0.2) is 0 Å². The molecule has 18 heavy (non-hydrogen) atoms. The van der Waals surface area contributed by atoms with Gasteiger partial charge >= 0.3 is 0 Å². The summed E-state index contributed by atoms with van der Waals surface area (Å²) < 4.78 is 5.25. The van der Waals surface area contributed by atoms with Crippen LogP contribution in [0, 0.1) is 0 Å². The van der Waals surface area contributed by atoms with E-state index in [0.717, 1.165) is 39.0 Å². The largest absolute Gasteiger partial charge is 0.378 e. The molecule has 0 aromatic heterocycles. The lowest BCUT2D eigenvalue weighted by molar-refractivity contribution is -0.139. The third-order valence-electron chi connectivity index (χ3n) is 4.68. The Labute approximate surface area is 108 Å². The van der Waals surface area contributed by atoms with Gasteiger partial charge in [-0.15, -0.1) is 0 Å². The van der Waals surface area contributed by atoms with Gasteiger partial charge < -0.3 is 15.4 Å². The van der Waals surface area contributed by atoms with Crippen molar-refractivity contribution in [2.24, 2.45) is 5.73 Å². The summed E-state index contributed by atoms with van der Waals surface area (Å²) in [6.45, 7) is 5.47. The van der Waals surface area contributed by atoms with Gasteiger partial charge in [-0.1, -0.05) is 0 Å². The Hall–Kier alpha value is -0.650. The van der Waals surface area contributed by atoms with Gasteiger partial charge in [0, 0.05) is 25.2 Å². The van der Waals surface area contributed by atoms with Crippen molar-refractivity contribution in [2.75, 3.05) is 26.3 Å². The Bertz CT molecular complexity index is 332. The number of ether oxygens (including phenoxy) is 1. The van der Waals surface area contributed by atoms with Crippen LogP contribution in [0.3, 0.4) is 0 Å². The lowest BCUT2D eigenvalue weighted by atomic mass is 10.0. The summed E-state index contributed by atoms with van der Waals surface area (Å²) in [4.78, 5) is 16.8. The van der Waals surface area contributed by atoms with Crippen LogP contribution < -0.4 is 5.73 Å². The number of fused-ring (bicyclic) bond motifs is 1. The molecule has 3 unspecified atom stereocenters. The minimum Gasteiger partial charge on any atom is -0.378 e. The Morgan fingerprint density at radius 2 is 2.00 bits per heavy atom. The maximum Gasteiger partial charge on any atom is 0.241 e. The van der Waals surface area contributed by atoms with Gasteiger partial charge in [-0.2, -0.15) is 0 Å². The fourth-order valence-corrected chi connectivity index (χ4v) is 3.45. The van der Waals surface area contributed by atoms with Crippen LogP contribution in [0.25, 0.3) is 0 Å². The summed E-state index contributed by atoms with van der Waals surface area (Å²) in [5.74, 6) is 0.148. The highest BCUT2D eigenvalue weighted by Gasteiger charge is 2.40. The quantitative estimate of drug-likeness (QED) is 0.703. The summed E-state index contributed by atoms with van der Waals surface area (Å²) in [6.07, 6.45) is 3.34. The minimum absolute atomic E-state index is 0.148. The number of hydrogen-bond donors (Lipinski definition) is 1. The van der Waals surface area contributed by atoms with E-state index in [1.807, 2.05) is 0 Å². The average Bonchev–Trinajstić information content (AvgIpc) is 2.62. The monoisotopic (exact) mass is 253 g/mol. The number of carbonyl (C=O) groups is 1. The van der Waals surface area contributed by atoms with E-state index in [1.54, 1.807) is 0 Å². The highest BCUT2D eigenvalue weighted by Crippen LogP contribution is 2.29. The zero-order valence-corrected chi connectivity index (χ0v) is 11.0. The van der Waals surface area contributed by atoms with Crippen LogP contribution in [0.1, 0.15) is 26.2 Å². The van der Waals surface area contributed by atoms with E-state index in [1.165, 1.54) is 0 Å². The second kappa shape index (κ2) is 4.79. The van der Waals surface area contributed by atoms with E-state index in [2.05, 4.69) is 16.7 Å². The molecule has 1 amide bonds. The molecule has 0 aromatic rings. The second-order valence-corrected chi connectivity index (χ2v) is 5.91. The van der Waals surface area contributed by atoms with Gasteiger partial charge in [0.15, 0.2) is 0 Å². The molecule has 5 heteroatoms. The molecule has 0 aliphatic carbocycles. The molecule has 0 saturated carbocycles. The van der Waals surface area contributed by atoms with Crippen molar-refractivity contribution >= 4 is 5.91 Å². The molecule has 0 bridgehead atoms. The van der Waals surface area contributed by atoms with E-state index >= 15 is 0 Å². The fourth-order valence-electron chi connectivity index (χ4n) is 3.45. The average molecular weight is 253 g/mol. The molecular formula is C13H23N3O2. The van der Waals surface area contributed by atoms with Crippen molar-refractivity contribution in [1.82, 2.24) is 9.80 Å². The first kappa shape index (κ1) is 12.4. The van der Waals surface area contributed by atoms with E-state index in [0.29, 0.717) is 24.7 Å². The van der Waals surface area contributed by atoms with Gasteiger partial charge in [-0.25, -0.2) is 0 Å². The molecule has 0 radical (unpaired) electrons. The Morgan fingerprint density at radius 1 is 1.22 bits per heavy atom. The number of amides is 1. The normalized spacial score (nSPS) is 39.1. The molecule has 3 heterocycles. The van der Waals surface area contributed by atoms with Crippen molar-refractivity contribution in [2.45, 2.75) is 50.4 Å². The zero-order valence-electron chi connectivity index (χ0n) is 11.0. The van der Waals surface area contributed by atoms with Crippen LogP contribution in [0.4, 0.5) is 0 Å². The Kier molecular flexibility index (Phi) is 3.30. The molecule has 3 atom stereocenters. The van der Waals surface area contributed by atoms with Crippen LogP contribution in [-0.2, 0) is 9.53 Å². The second-order valence-electron chi connectivity index (χ2n) is 5.91. The molecule has 0 spiro atoms. The van der Waals surface area contributed by atoms with Gasteiger partial charge in [0.25, 0.3) is 0 Å². The van der Waals surface area contributed by atoms with Crippen LogP contribution in [0.2, 0.25) is 0 Å². The first-order valence-corrected chi connectivity index (χ1v) is 7.06. The van der Waals surface area contributed by atoms with E-state index in [-0.39, 0.29) is 11.9 Å². The van der Waals surface area contributed by atoms with Crippen molar-refractivity contribution in [3.05, 3.63) is 0 Å². The topological polar surface area (TPSA) is 58.8 Å². The number of carbonyl (C=O) groups excluding carboxylic acids is 1. The van der Waals surface area contributed by atoms with E-state index < -0.39 is 0 Å². The van der Waals surface area contributed by atoms with Crippen LogP contribution in [0.5, 0.6) is 0 Å². The summed E-state index contributed by atoms with van der Waals surface area (Å²) >= 11 is 0. The number of nitrogens with zero attached hydrogens (tertiary/aromatic N) is 2. The van der Waals surface area contributed by atoms with Gasteiger partial charge in [-0.05, 0) is 26.2 Å². The van der Waals surface area contributed by atoms with E-state index in [9.17, 15) is 4.79 Å². The molecule has 3 aliphatic rings. The minimum atomic E-state index is -0.367. The SMILES string of the molecule is CC1CCC2CCN(C3COC3)CC(N)C(=O)N12. The molecule has 3 rings (SSSR count). The van der Waals surface area contributed by atoms with Crippen LogP contribution >= 0.6 is 0 Å². The van der Waals surface area contributed by atoms with E-state index in [4.69, 9.17) is 10.5 Å². The van der Waals surface area contributed by atoms with Gasteiger partial charge in [0.05, 0.1) is 25.3 Å². The number of hydrogen-bond acceptors (Lipinski definition) is 4. The number of rotatable bonds is 1. The predicted molar refractivity (Wildman–Crippen MR) is 68.1 cm³/mol. The van der Waals surface area contributed by atoms with Crippen LogP contribution in [-0.4, -0.2) is 66.2 Å². The smallest absolute Gasteiger partial charge is 0.241 e. The fraction of sp³-hybridized carbons (Fsp3) is 0.923. The van der Waals surface area contributed by atoms with Crippen molar-refractivity contribution < 1.29 is 9.53 Å². The summed E-state index contributed by atoms with van der Waals surface area (Å²) in [5, 5.41) is 0. The van der Waals surface area contributed by atoms with Crippen molar-refractivity contribution in [1.29, 1.82) is 0 Å². The molecular weight excluding hydrogens is 230 g/mol. The standard InChI is InChI=1S/C13H23N3O2/c1-9-2-3-10-4-5-15(11-7-18-8-11)6-12(14)13(17)16(9)10/h9-12H,2-8,14H2,1H3. The molecule has 3 saturated heterocycles. The molecule has 2 N–H and O–H groups in total. The lowest BCUT2D eigenvalue weighted by Gasteiger charge is -2.42. The van der Waals surface area contributed by atoms with Crippen molar-refractivity contribution in [3.8, 4) is 0 Å². The summed E-state index contributed by atoms with van der Waals surface area (Å²) in [5.41, 5.74) is 6.10. The molecule has 3 fully saturated rings. The lowest BCUT2D eigenvalue weighted by Crippen LogP contribution is -2.60. The first-order chi connectivity index (χ1) is 8.66. The molecule has 3 aliphatic heterocycles. The van der Waals surface area contributed by atoms with Crippen molar-refractivity contribution in [3.63, 3.8) is 0 Å². The molecule has 0 aromatic carbocycles. The Morgan fingerprint density at radius 3 is 2.67 bits per heavy atom. The zero-order chi connectivity index (χ0) is 12.7. The highest BCUT2D eigenvalue weighted by atomic mass is 16.5. The number of nitrogens with two attached hydrogens (primary N) is 1. The predicted octanol–water partition coefficient (Wildman–Crippen LogP) is -0.202. The molecule has 102 valence electrons. The third kappa shape index (κ3) is 2.04. The van der Waals surface area contributed by atoms with Gasteiger partial charge in [-0.3, -0.25) is 9.69 Å². The summed E-state index contributed by atoms with van der Waals surface area (Å²) in [7, 11) is 0. The maximum absolute atomic E-state index is 12.4. The summed E-state index contributed by atoms with van der Waals surface area (Å²) in [6, 6.07) is 0.887. The first-order valence-electron chi connectivity index (χ1n) is 7.06. The highest BCUT2D eigenvalue weighted by molar-refractivity contribution is 5.83. The molecule has 5 nitrogen and oxygen atoms in total. The Balaban J connectivity index is 1.73. The maximum atomic E-state index is 12.4. The third-order valence-corrected chi connectivity index (χ3v) is 4.68.